The van der Waals surface area contributed by atoms with Crippen LogP contribution < -0.4 is 10.6 Å². The molecular formula is C27H32N2O5. The Morgan fingerprint density at radius 2 is 1.59 bits per heavy atom. The van der Waals surface area contributed by atoms with Gasteiger partial charge >= 0.3 is 12.1 Å². The van der Waals surface area contributed by atoms with Crippen LogP contribution in [0.1, 0.15) is 50.7 Å². The van der Waals surface area contributed by atoms with Crippen LogP contribution >= 0.6 is 0 Å². The molecule has 0 bridgehead atoms. The summed E-state index contributed by atoms with van der Waals surface area (Å²) in [5, 5.41) is 14.4. The summed E-state index contributed by atoms with van der Waals surface area (Å²) < 4.78 is 5.70. The Labute approximate surface area is 199 Å². The Hall–Kier alpha value is -3.35. The smallest absolute Gasteiger partial charge is 0.407 e. The monoisotopic (exact) mass is 464 g/mol. The molecule has 2 aliphatic carbocycles. The van der Waals surface area contributed by atoms with E-state index in [1.807, 2.05) is 45.0 Å². The highest BCUT2D eigenvalue weighted by Crippen LogP contribution is 2.46. The fourth-order valence-corrected chi connectivity index (χ4v) is 5.55. The SMILES string of the molecule is CC1C(NC(=O)OCC2c3ccccc3-c3ccccc32)CCC(C(=O)NCC(=O)O)C1(C)C. The van der Waals surface area contributed by atoms with Crippen LogP contribution in [-0.4, -0.2) is 42.3 Å². The molecule has 2 aromatic rings. The molecule has 2 aliphatic rings. The van der Waals surface area contributed by atoms with E-state index in [1.165, 1.54) is 22.3 Å². The minimum atomic E-state index is -1.06. The summed E-state index contributed by atoms with van der Waals surface area (Å²) >= 11 is 0. The Kier molecular flexibility index (Phi) is 6.64. The number of rotatable bonds is 6. The Morgan fingerprint density at radius 1 is 1.00 bits per heavy atom. The van der Waals surface area contributed by atoms with E-state index in [9.17, 15) is 14.4 Å². The number of benzene rings is 2. The molecule has 0 spiro atoms. The van der Waals surface area contributed by atoms with Gasteiger partial charge in [-0.15, -0.1) is 0 Å². The molecule has 0 saturated heterocycles. The molecule has 1 saturated carbocycles. The second-order valence-electron chi connectivity index (χ2n) is 9.93. The molecule has 180 valence electrons. The van der Waals surface area contributed by atoms with Crippen molar-refractivity contribution in [2.75, 3.05) is 13.2 Å². The summed E-state index contributed by atoms with van der Waals surface area (Å²) in [6, 6.07) is 16.3. The van der Waals surface area contributed by atoms with Crippen LogP contribution in [0.2, 0.25) is 0 Å². The van der Waals surface area contributed by atoms with E-state index in [2.05, 4.69) is 34.9 Å². The number of fused-ring (bicyclic) bond motifs is 3. The van der Waals surface area contributed by atoms with Crippen molar-refractivity contribution in [2.45, 2.75) is 45.6 Å². The Balaban J connectivity index is 1.37. The lowest BCUT2D eigenvalue weighted by Crippen LogP contribution is -2.54. The van der Waals surface area contributed by atoms with E-state index >= 15 is 0 Å². The zero-order valence-corrected chi connectivity index (χ0v) is 19.8. The van der Waals surface area contributed by atoms with E-state index in [0.29, 0.717) is 12.8 Å². The Bertz CT molecular complexity index is 1050. The van der Waals surface area contributed by atoms with Crippen LogP contribution in [0.4, 0.5) is 4.79 Å². The van der Waals surface area contributed by atoms with Gasteiger partial charge in [0.05, 0.1) is 0 Å². The summed E-state index contributed by atoms with van der Waals surface area (Å²) in [7, 11) is 0. The van der Waals surface area contributed by atoms with E-state index in [1.54, 1.807) is 0 Å². The van der Waals surface area contributed by atoms with Gasteiger partial charge in [-0.3, -0.25) is 9.59 Å². The molecule has 0 aliphatic heterocycles. The first kappa shape index (κ1) is 23.8. The molecule has 4 rings (SSSR count). The number of hydrogen-bond acceptors (Lipinski definition) is 4. The maximum Gasteiger partial charge on any atom is 0.407 e. The molecular weight excluding hydrogens is 432 g/mol. The molecule has 2 aromatic carbocycles. The molecule has 3 N–H and O–H groups in total. The van der Waals surface area contributed by atoms with E-state index in [4.69, 9.17) is 9.84 Å². The second kappa shape index (κ2) is 9.49. The quantitative estimate of drug-likeness (QED) is 0.595. The van der Waals surface area contributed by atoms with Crippen molar-refractivity contribution in [3.05, 3.63) is 59.7 Å². The van der Waals surface area contributed by atoms with Crippen molar-refractivity contribution < 1.29 is 24.2 Å². The number of alkyl carbamates (subject to hydrolysis) is 1. The summed E-state index contributed by atoms with van der Waals surface area (Å²) in [4.78, 5) is 36.1. The fraction of sp³-hybridized carbons (Fsp3) is 0.444. The third-order valence-corrected chi connectivity index (χ3v) is 7.82. The number of carboxylic acid groups (broad SMARTS) is 1. The zero-order valence-electron chi connectivity index (χ0n) is 19.8. The third-order valence-electron chi connectivity index (χ3n) is 7.82. The highest BCUT2D eigenvalue weighted by Gasteiger charge is 2.46. The number of ether oxygens (including phenoxy) is 1. The number of hydrogen-bond donors (Lipinski definition) is 3. The molecule has 1 fully saturated rings. The molecule has 2 amide bonds. The zero-order chi connectivity index (χ0) is 24.5. The summed E-state index contributed by atoms with van der Waals surface area (Å²) in [6.45, 7) is 5.87. The number of carbonyl (C=O) groups excluding carboxylic acids is 2. The van der Waals surface area contributed by atoms with Crippen LogP contribution in [-0.2, 0) is 14.3 Å². The maximum absolute atomic E-state index is 12.8. The van der Waals surface area contributed by atoms with Crippen molar-refractivity contribution in [1.29, 1.82) is 0 Å². The number of amides is 2. The van der Waals surface area contributed by atoms with E-state index in [0.717, 1.165) is 0 Å². The summed E-state index contributed by atoms with van der Waals surface area (Å²) in [5.74, 6) is -1.63. The first-order valence-corrected chi connectivity index (χ1v) is 11.8. The molecule has 34 heavy (non-hydrogen) atoms. The fourth-order valence-electron chi connectivity index (χ4n) is 5.55. The molecule has 3 unspecified atom stereocenters. The van der Waals surface area contributed by atoms with Crippen molar-refractivity contribution in [2.24, 2.45) is 17.3 Å². The van der Waals surface area contributed by atoms with Crippen LogP contribution in [0.15, 0.2) is 48.5 Å². The van der Waals surface area contributed by atoms with Gasteiger partial charge in [0.15, 0.2) is 0 Å². The number of carboxylic acids is 1. The normalized spacial score (nSPS) is 22.9. The van der Waals surface area contributed by atoms with Crippen LogP contribution in [0.25, 0.3) is 11.1 Å². The van der Waals surface area contributed by atoms with Crippen molar-refractivity contribution in [3.63, 3.8) is 0 Å². The average Bonchev–Trinajstić information content (AvgIpc) is 3.13. The average molecular weight is 465 g/mol. The predicted octanol–water partition coefficient (Wildman–Crippen LogP) is 4.17. The van der Waals surface area contributed by atoms with E-state index in [-0.39, 0.29) is 42.9 Å². The van der Waals surface area contributed by atoms with Crippen molar-refractivity contribution in [3.8, 4) is 11.1 Å². The number of nitrogens with one attached hydrogen (secondary N) is 2. The number of carbonyl (C=O) groups is 3. The lowest BCUT2D eigenvalue weighted by atomic mass is 9.60. The topological polar surface area (TPSA) is 105 Å². The highest BCUT2D eigenvalue weighted by atomic mass is 16.5. The number of aliphatic carboxylic acids is 1. The molecule has 0 radical (unpaired) electrons. The van der Waals surface area contributed by atoms with Gasteiger partial charge in [0, 0.05) is 17.9 Å². The lowest BCUT2D eigenvalue weighted by molar-refractivity contribution is -0.140. The van der Waals surface area contributed by atoms with Gasteiger partial charge in [0.25, 0.3) is 0 Å². The van der Waals surface area contributed by atoms with Gasteiger partial charge in [0.2, 0.25) is 5.91 Å². The highest BCUT2D eigenvalue weighted by molar-refractivity contribution is 5.83. The summed E-state index contributed by atoms with van der Waals surface area (Å²) in [5.41, 5.74) is 4.28. The van der Waals surface area contributed by atoms with Crippen molar-refractivity contribution >= 4 is 18.0 Å². The summed E-state index contributed by atoms with van der Waals surface area (Å²) in [6.07, 6.45) is 0.736. The maximum atomic E-state index is 12.8. The minimum Gasteiger partial charge on any atom is -0.480 e. The minimum absolute atomic E-state index is 0.000631. The van der Waals surface area contributed by atoms with Gasteiger partial charge in [0.1, 0.15) is 13.2 Å². The molecule has 7 heteroatoms. The van der Waals surface area contributed by atoms with Gasteiger partial charge in [-0.25, -0.2) is 4.79 Å². The first-order valence-electron chi connectivity index (χ1n) is 11.8. The van der Waals surface area contributed by atoms with Crippen LogP contribution in [0.3, 0.4) is 0 Å². The third kappa shape index (κ3) is 4.52. The molecule has 0 heterocycles. The van der Waals surface area contributed by atoms with Crippen LogP contribution in [0.5, 0.6) is 0 Å². The van der Waals surface area contributed by atoms with Gasteiger partial charge in [-0.1, -0.05) is 69.3 Å². The molecule has 3 atom stereocenters. The largest absolute Gasteiger partial charge is 0.480 e. The first-order chi connectivity index (χ1) is 16.2. The van der Waals surface area contributed by atoms with Gasteiger partial charge < -0.3 is 20.5 Å². The van der Waals surface area contributed by atoms with Crippen LogP contribution in [0, 0.1) is 17.3 Å². The van der Waals surface area contributed by atoms with Gasteiger partial charge in [-0.05, 0) is 46.4 Å². The lowest BCUT2D eigenvalue weighted by Gasteiger charge is -2.47. The predicted molar refractivity (Wildman–Crippen MR) is 128 cm³/mol. The van der Waals surface area contributed by atoms with E-state index < -0.39 is 17.5 Å². The molecule has 7 nitrogen and oxygen atoms in total. The second-order valence-corrected chi connectivity index (χ2v) is 9.93. The van der Waals surface area contributed by atoms with Crippen molar-refractivity contribution in [1.82, 2.24) is 10.6 Å². The van der Waals surface area contributed by atoms with Gasteiger partial charge in [-0.2, -0.15) is 0 Å². The standard InChI is InChI=1S/C27H32N2O5/c1-16-23(13-12-22(27(16,2)3)25(32)28-14-24(30)31)29-26(33)34-15-21-19-10-6-4-8-17(19)18-9-5-7-11-20(18)21/h4-11,16,21-23H,12-15H2,1-3H3,(H,28,32)(H,29,33)(H,30,31). The molecule has 0 aromatic heterocycles. The Morgan fingerprint density at radius 3 is 2.18 bits per heavy atom.